The molecule has 0 amide bonds. The van der Waals surface area contributed by atoms with Gasteiger partial charge in [0, 0.05) is 52.4 Å². The van der Waals surface area contributed by atoms with Gasteiger partial charge in [0.2, 0.25) is 0 Å². The Hall–Kier alpha value is -0.0194. The van der Waals surface area contributed by atoms with Gasteiger partial charge in [0.1, 0.15) is 0 Å². The van der Waals surface area contributed by atoms with E-state index in [9.17, 15) is 0 Å². The van der Waals surface area contributed by atoms with Gasteiger partial charge in [-0.3, -0.25) is 4.98 Å². The molecular formula is C9H7NNd. The van der Waals surface area contributed by atoms with Crippen molar-refractivity contribution in [3.8, 4) is 0 Å². The van der Waals surface area contributed by atoms with E-state index < -0.39 is 0 Å². The van der Waals surface area contributed by atoms with Crippen molar-refractivity contribution in [3.63, 3.8) is 0 Å². The summed E-state index contributed by atoms with van der Waals surface area (Å²) in [5.74, 6) is 0. The topological polar surface area (TPSA) is 12.9 Å². The summed E-state index contributed by atoms with van der Waals surface area (Å²) in [5, 5.41) is 1.20. The summed E-state index contributed by atoms with van der Waals surface area (Å²) < 4.78 is 0. The Bertz CT molecular complexity index is 281. The van der Waals surface area contributed by atoms with Crippen LogP contribution in [0, 0.1) is 40.8 Å². The Morgan fingerprint density at radius 2 is 1.64 bits per heavy atom. The molecule has 0 radical (unpaired) electrons. The number of fused-ring (bicyclic) bond motifs is 1. The van der Waals surface area contributed by atoms with Crippen LogP contribution in [0.3, 0.4) is 0 Å². The Morgan fingerprint density at radius 1 is 0.909 bits per heavy atom. The molecule has 11 heavy (non-hydrogen) atoms. The van der Waals surface area contributed by atoms with E-state index in [0.717, 1.165) is 5.52 Å². The molecular weight excluding hydrogens is 266 g/mol. The van der Waals surface area contributed by atoms with Gasteiger partial charge in [-0.05, 0) is 12.1 Å². The van der Waals surface area contributed by atoms with E-state index in [1.54, 1.807) is 0 Å². The molecule has 0 bridgehead atoms. The van der Waals surface area contributed by atoms with Crippen LogP contribution in [0.5, 0.6) is 0 Å². The standard InChI is InChI=1S/C9H7N.Nd/c1-2-6-9-8(4-1)5-3-7-10-9;/h1-7H;. The first-order valence-electron chi connectivity index (χ1n) is 3.26. The first-order valence-corrected chi connectivity index (χ1v) is 3.26. The van der Waals surface area contributed by atoms with Gasteiger partial charge in [-0.2, -0.15) is 0 Å². The van der Waals surface area contributed by atoms with Crippen molar-refractivity contribution in [2.75, 3.05) is 0 Å². The smallest absolute Gasteiger partial charge is 0.0701 e. The van der Waals surface area contributed by atoms with Crippen LogP contribution in [0.15, 0.2) is 42.6 Å². The van der Waals surface area contributed by atoms with Gasteiger partial charge in [0.05, 0.1) is 5.52 Å². The Morgan fingerprint density at radius 3 is 2.45 bits per heavy atom. The van der Waals surface area contributed by atoms with Gasteiger partial charge in [0.25, 0.3) is 0 Å². The average molecular weight is 273 g/mol. The Kier molecular flexibility index (Phi) is 3.40. The summed E-state index contributed by atoms with van der Waals surface area (Å²) in [5.41, 5.74) is 1.06. The molecule has 1 nitrogen and oxygen atoms in total. The molecule has 0 unspecified atom stereocenters. The van der Waals surface area contributed by atoms with E-state index in [4.69, 9.17) is 0 Å². The maximum Gasteiger partial charge on any atom is 0.0701 e. The van der Waals surface area contributed by atoms with E-state index in [2.05, 4.69) is 17.1 Å². The van der Waals surface area contributed by atoms with Crippen LogP contribution in [-0.2, 0) is 0 Å². The molecule has 1 aromatic heterocycles. The van der Waals surface area contributed by atoms with Crippen molar-refractivity contribution in [1.29, 1.82) is 0 Å². The average Bonchev–Trinajstić information content (AvgIpc) is 2.05. The molecule has 0 spiro atoms. The second-order valence-electron chi connectivity index (χ2n) is 2.20. The fourth-order valence-corrected chi connectivity index (χ4v) is 1.02. The van der Waals surface area contributed by atoms with E-state index in [1.807, 2.05) is 30.5 Å². The molecule has 0 aliphatic carbocycles. The minimum absolute atomic E-state index is 0. The van der Waals surface area contributed by atoms with E-state index in [-0.39, 0.29) is 40.8 Å². The zero-order valence-electron chi connectivity index (χ0n) is 5.99. The van der Waals surface area contributed by atoms with Crippen molar-refractivity contribution in [2.45, 2.75) is 0 Å². The van der Waals surface area contributed by atoms with Crippen molar-refractivity contribution >= 4 is 10.9 Å². The van der Waals surface area contributed by atoms with Gasteiger partial charge >= 0.3 is 0 Å². The third kappa shape index (κ3) is 1.97. The molecule has 1 aromatic carbocycles. The van der Waals surface area contributed by atoms with E-state index in [0.29, 0.717) is 0 Å². The third-order valence-electron chi connectivity index (χ3n) is 1.51. The molecule has 1 heterocycles. The molecule has 0 atom stereocenters. The third-order valence-corrected chi connectivity index (χ3v) is 1.51. The molecule has 2 rings (SSSR count). The maximum atomic E-state index is 4.18. The minimum atomic E-state index is 0. The van der Waals surface area contributed by atoms with Gasteiger partial charge in [-0.25, -0.2) is 0 Å². The van der Waals surface area contributed by atoms with Crippen LogP contribution in [0.25, 0.3) is 10.9 Å². The van der Waals surface area contributed by atoms with Crippen LogP contribution < -0.4 is 0 Å². The van der Waals surface area contributed by atoms with Crippen LogP contribution in [-0.4, -0.2) is 4.98 Å². The van der Waals surface area contributed by atoms with Gasteiger partial charge in [-0.15, -0.1) is 0 Å². The minimum Gasteiger partial charge on any atom is -0.256 e. The summed E-state index contributed by atoms with van der Waals surface area (Å²) in [7, 11) is 0. The predicted molar refractivity (Wildman–Crippen MR) is 41.7 cm³/mol. The van der Waals surface area contributed by atoms with Gasteiger partial charge < -0.3 is 0 Å². The second kappa shape index (κ2) is 4.12. The molecule has 2 aromatic rings. The number of rotatable bonds is 0. The molecule has 52 valence electrons. The largest absolute Gasteiger partial charge is 0.256 e. The monoisotopic (exact) mass is 271 g/mol. The summed E-state index contributed by atoms with van der Waals surface area (Å²) >= 11 is 0. The summed E-state index contributed by atoms with van der Waals surface area (Å²) in [6.07, 6.45) is 1.81. The predicted octanol–water partition coefficient (Wildman–Crippen LogP) is 2.23. The number of nitrogens with zero attached hydrogens (tertiary/aromatic N) is 1. The van der Waals surface area contributed by atoms with Crippen molar-refractivity contribution in [3.05, 3.63) is 42.6 Å². The molecule has 0 fully saturated rings. The summed E-state index contributed by atoms with van der Waals surface area (Å²) in [6, 6.07) is 12.1. The Labute approximate surface area is 98.4 Å². The fourth-order valence-electron chi connectivity index (χ4n) is 1.02. The SMILES string of the molecule is [Nd].c1ccc2ncccc2c1. The molecule has 0 aliphatic heterocycles. The maximum absolute atomic E-state index is 4.18. The number of hydrogen-bond acceptors (Lipinski definition) is 1. The van der Waals surface area contributed by atoms with Crippen LogP contribution >= 0.6 is 0 Å². The molecule has 0 N–H and O–H groups in total. The zero-order chi connectivity index (χ0) is 6.81. The van der Waals surface area contributed by atoms with Gasteiger partial charge in [0.15, 0.2) is 0 Å². The first-order chi connectivity index (χ1) is 4.97. The van der Waals surface area contributed by atoms with Crippen LogP contribution in [0.4, 0.5) is 0 Å². The number of para-hydroxylation sites is 1. The first kappa shape index (κ1) is 9.07. The molecule has 0 saturated carbocycles. The van der Waals surface area contributed by atoms with Crippen molar-refractivity contribution in [2.24, 2.45) is 0 Å². The number of pyridine rings is 1. The second-order valence-corrected chi connectivity index (χ2v) is 2.20. The molecule has 2 heteroatoms. The number of benzene rings is 1. The number of hydrogen-bond donors (Lipinski definition) is 0. The normalized spacial score (nSPS) is 9.09. The Balaban J connectivity index is 0.000000605. The van der Waals surface area contributed by atoms with Crippen LogP contribution in [0.1, 0.15) is 0 Å². The summed E-state index contributed by atoms with van der Waals surface area (Å²) in [6.45, 7) is 0. The quantitative estimate of drug-likeness (QED) is 0.717. The molecule has 0 aliphatic rings. The fraction of sp³-hybridized carbons (Fsp3) is 0. The van der Waals surface area contributed by atoms with E-state index >= 15 is 0 Å². The molecule has 0 saturated heterocycles. The van der Waals surface area contributed by atoms with Gasteiger partial charge in [-0.1, -0.05) is 24.3 Å². The zero-order valence-corrected chi connectivity index (χ0v) is 9.20. The van der Waals surface area contributed by atoms with E-state index in [1.165, 1.54) is 5.39 Å². The van der Waals surface area contributed by atoms with Crippen molar-refractivity contribution in [1.82, 2.24) is 4.98 Å². The van der Waals surface area contributed by atoms with Crippen molar-refractivity contribution < 1.29 is 40.8 Å². The summed E-state index contributed by atoms with van der Waals surface area (Å²) in [4.78, 5) is 4.18. The van der Waals surface area contributed by atoms with Crippen LogP contribution in [0.2, 0.25) is 0 Å². The number of aromatic nitrogens is 1.